The first-order valence-corrected chi connectivity index (χ1v) is 10.1. The van der Waals surface area contributed by atoms with Gasteiger partial charge in [-0.25, -0.2) is 0 Å². The number of carbonyl (C=O) groups excluding carboxylic acids is 2. The topological polar surface area (TPSA) is 81.4 Å². The Kier molecular flexibility index (Phi) is 6.34. The molecular formula is C23H24N2O3S. The highest BCUT2D eigenvalue weighted by Gasteiger charge is 2.21. The molecular weight excluding hydrogens is 384 g/mol. The summed E-state index contributed by atoms with van der Waals surface area (Å²) in [5.41, 5.74) is 9.89. The zero-order valence-corrected chi connectivity index (χ0v) is 17.6. The molecule has 0 aliphatic heterocycles. The highest BCUT2D eigenvalue weighted by Crippen LogP contribution is 2.34. The van der Waals surface area contributed by atoms with E-state index in [4.69, 9.17) is 10.5 Å². The van der Waals surface area contributed by atoms with Crippen LogP contribution in [-0.2, 0) is 11.2 Å². The average Bonchev–Trinajstić information content (AvgIpc) is 2.98. The Morgan fingerprint density at radius 1 is 1.07 bits per heavy atom. The number of rotatable bonds is 7. The summed E-state index contributed by atoms with van der Waals surface area (Å²) in [5, 5.41) is 3.27. The maximum atomic E-state index is 12.5. The molecule has 0 atom stereocenters. The average molecular weight is 409 g/mol. The second-order valence-electron chi connectivity index (χ2n) is 6.99. The summed E-state index contributed by atoms with van der Waals surface area (Å²) >= 11 is 1.38. The quantitative estimate of drug-likeness (QED) is 0.609. The number of thiophene rings is 1. The number of hydrogen-bond donors (Lipinski definition) is 2. The Hall–Kier alpha value is -3.12. The van der Waals surface area contributed by atoms with Gasteiger partial charge in [0.15, 0.2) is 6.61 Å². The molecule has 0 spiro atoms. The summed E-state index contributed by atoms with van der Waals surface area (Å²) in [7, 11) is 0. The van der Waals surface area contributed by atoms with Crippen molar-refractivity contribution in [3.63, 3.8) is 0 Å². The monoisotopic (exact) mass is 408 g/mol. The van der Waals surface area contributed by atoms with E-state index >= 15 is 0 Å². The number of anilines is 1. The molecule has 150 valence electrons. The van der Waals surface area contributed by atoms with Gasteiger partial charge in [0.1, 0.15) is 10.8 Å². The van der Waals surface area contributed by atoms with E-state index in [2.05, 4.69) is 5.32 Å². The second-order valence-corrected chi connectivity index (χ2v) is 8.09. The molecule has 0 bridgehead atoms. The van der Waals surface area contributed by atoms with Gasteiger partial charge in [0.05, 0.1) is 5.56 Å². The lowest BCUT2D eigenvalue weighted by atomic mass is 10.1. The molecule has 0 radical (unpaired) electrons. The third kappa shape index (κ3) is 5.03. The molecule has 0 aliphatic rings. The molecule has 1 aromatic heterocycles. The van der Waals surface area contributed by atoms with Crippen LogP contribution in [0.1, 0.15) is 37.5 Å². The summed E-state index contributed by atoms with van der Waals surface area (Å²) in [6.07, 6.45) is 0.673. The Morgan fingerprint density at radius 3 is 2.48 bits per heavy atom. The van der Waals surface area contributed by atoms with Gasteiger partial charge in [0.25, 0.3) is 11.8 Å². The molecule has 0 saturated heterocycles. The smallest absolute Gasteiger partial charge is 0.262 e. The highest BCUT2D eigenvalue weighted by atomic mass is 32.1. The normalized spacial score (nSPS) is 10.6. The molecule has 2 aromatic carbocycles. The standard InChI is InChI=1S/C23H24N2O3S/c1-14-9-10-15(2)18(11-14)28-13-20(26)25-23-21(22(24)27)16(3)19(29-23)12-17-7-5-4-6-8-17/h4-11H,12-13H2,1-3H3,(H2,24,27)(H,25,26). The van der Waals surface area contributed by atoms with Crippen molar-refractivity contribution in [1.29, 1.82) is 0 Å². The number of amides is 2. The van der Waals surface area contributed by atoms with Crippen LogP contribution in [0.5, 0.6) is 5.75 Å². The molecule has 5 nitrogen and oxygen atoms in total. The fraction of sp³-hybridized carbons (Fsp3) is 0.217. The number of carbonyl (C=O) groups is 2. The van der Waals surface area contributed by atoms with E-state index in [9.17, 15) is 9.59 Å². The lowest BCUT2D eigenvalue weighted by molar-refractivity contribution is -0.118. The molecule has 3 N–H and O–H groups in total. The number of aryl methyl sites for hydroxylation is 2. The van der Waals surface area contributed by atoms with Crippen molar-refractivity contribution in [1.82, 2.24) is 0 Å². The molecule has 0 aliphatic carbocycles. The van der Waals surface area contributed by atoms with E-state index in [1.807, 2.05) is 69.3 Å². The summed E-state index contributed by atoms with van der Waals surface area (Å²) in [6, 6.07) is 15.8. The van der Waals surface area contributed by atoms with Gasteiger partial charge < -0.3 is 15.8 Å². The first-order chi connectivity index (χ1) is 13.8. The Morgan fingerprint density at radius 2 is 1.79 bits per heavy atom. The number of ether oxygens (including phenoxy) is 1. The number of nitrogens with two attached hydrogens (primary N) is 1. The number of primary amides is 1. The lowest BCUT2D eigenvalue weighted by Gasteiger charge is -2.10. The predicted molar refractivity (Wildman–Crippen MR) is 117 cm³/mol. The van der Waals surface area contributed by atoms with Crippen LogP contribution < -0.4 is 15.8 Å². The van der Waals surface area contributed by atoms with E-state index in [0.29, 0.717) is 22.7 Å². The SMILES string of the molecule is Cc1ccc(C)c(OCC(=O)Nc2sc(Cc3ccccc3)c(C)c2C(N)=O)c1. The van der Waals surface area contributed by atoms with E-state index in [0.717, 1.165) is 27.1 Å². The van der Waals surface area contributed by atoms with Gasteiger partial charge in [-0.05, 0) is 49.1 Å². The third-order valence-electron chi connectivity index (χ3n) is 4.65. The van der Waals surface area contributed by atoms with Gasteiger partial charge >= 0.3 is 0 Å². The van der Waals surface area contributed by atoms with E-state index in [-0.39, 0.29) is 12.5 Å². The fourth-order valence-electron chi connectivity index (χ4n) is 3.06. The predicted octanol–water partition coefficient (Wildman–Crippen LogP) is 4.38. The minimum absolute atomic E-state index is 0.145. The van der Waals surface area contributed by atoms with Crippen molar-refractivity contribution in [2.24, 2.45) is 5.73 Å². The highest BCUT2D eigenvalue weighted by molar-refractivity contribution is 7.17. The molecule has 29 heavy (non-hydrogen) atoms. The van der Waals surface area contributed by atoms with Gasteiger partial charge in [-0.2, -0.15) is 0 Å². The summed E-state index contributed by atoms with van der Waals surface area (Å²) in [5.74, 6) is -0.216. The summed E-state index contributed by atoms with van der Waals surface area (Å²) < 4.78 is 5.66. The van der Waals surface area contributed by atoms with E-state index in [1.165, 1.54) is 11.3 Å². The summed E-state index contributed by atoms with van der Waals surface area (Å²) in [6.45, 7) is 5.61. The zero-order valence-electron chi connectivity index (χ0n) is 16.7. The van der Waals surface area contributed by atoms with Crippen molar-refractivity contribution < 1.29 is 14.3 Å². The van der Waals surface area contributed by atoms with Crippen LogP contribution in [0.2, 0.25) is 0 Å². The zero-order chi connectivity index (χ0) is 21.0. The Labute approximate surface area is 174 Å². The maximum Gasteiger partial charge on any atom is 0.262 e. The molecule has 0 saturated carbocycles. The van der Waals surface area contributed by atoms with Crippen LogP contribution in [0, 0.1) is 20.8 Å². The molecule has 2 amide bonds. The summed E-state index contributed by atoms with van der Waals surface area (Å²) in [4.78, 5) is 25.4. The number of benzene rings is 2. The third-order valence-corrected chi connectivity index (χ3v) is 5.86. The van der Waals surface area contributed by atoms with Gasteiger partial charge in [-0.3, -0.25) is 9.59 Å². The number of hydrogen-bond acceptors (Lipinski definition) is 4. The van der Waals surface area contributed by atoms with Crippen LogP contribution in [0.4, 0.5) is 5.00 Å². The van der Waals surface area contributed by atoms with Crippen molar-refractivity contribution in [3.8, 4) is 5.75 Å². The second kappa shape index (κ2) is 8.92. The van der Waals surface area contributed by atoms with Crippen molar-refractivity contribution >= 4 is 28.2 Å². The van der Waals surface area contributed by atoms with Gasteiger partial charge in [0, 0.05) is 11.3 Å². The first kappa shape index (κ1) is 20.6. The fourth-order valence-corrected chi connectivity index (χ4v) is 4.32. The lowest BCUT2D eigenvalue weighted by Crippen LogP contribution is -2.22. The van der Waals surface area contributed by atoms with Crippen LogP contribution in [0.25, 0.3) is 0 Å². The van der Waals surface area contributed by atoms with Crippen LogP contribution in [-0.4, -0.2) is 18.4 Å². The molecule has 0 fully saturated rings. The minimum atomic E-state index is -0.552. The van der Waals surface area contributed by atoms with Gasteiger partial charge in [0.2, 0.25) is 0 Å². The minimum Gasteiger partial charge on any atom is -0.483 e. The molecule has 3 aromatic rings. The van der Waals surface area contributed by atoms with Crippen LogP contribution in [0.3, 0.4) is 0 Å². The van der Waals surface area contributed by atoms with E-state index < -0.39 is 5.91 Å². The van der Waals surface area contributed by atoms with E-state index in [1.54, 1.807) is 0 Å². The van der Waals surface area contributed by atoms with Crippen LogP contribution >= 0.6 is 11.3 Å². The molecule has 1 heterocycles. The Balaban J connectivity index is 1.75. The Bertz CT molecular complexity index is 1040. The molecule has 3 rings (SSSR count). The maximum absolute atomic E-state index is 12.5. The largest absolute Gasteiger partial charge is 0.483 e. The first-order valence-electron chi connectivity index (χ1n) is 9.31. The van der Waals surface area contributed by atoms with Gasteiger partial charge in [-0.1, -0.05) is 42.5 Å². The molecule has 6 heteroatoms. The van der Waals surface area contributed by atoms with Crippen LogP contribution in [0.15, 0.2) is 48.5 Å². The number of nitrogens with one attached hydrogen (secondary N) is 1. The van der Waals surface area contributed by atoms with Crippen molar-refractivity contribution in [2.45, 2.75) is 27.2 Å². The van der Waals surface area contributed by atoms with Gasteiger partial charge in [-0.15, -0.1) is 11.3 Å². The van der Waals surface area contributed by atoms with Crippen molar-refractivity contribution in [3.05, 3.63) is 81.2 Å². The van der Waals surface area contributed by atoms with Crippen molar-refractivity contribution in [2.75, 3.05) is 11.9 Å². The molecule has 0 unspecified atom stereocenters.